The molecular weight excluding hydrogens is 196 g/mol. The third-order valence-electron chi connectivity index (χ3n) is 1.92. The van der Waals surface area contributed by atoms with Crippen molar-refractivity contribution >= 4 is 5.97 Å². The fourth-order valence-corrected chi connectivity index (χ4v) is 0.835. The third kappa shape index (κ3) is 15.9. The van der Waals surface area contributed by atoms with Crippen LogP contribution in [-0.4, -0.2) is 27.1 Å². The van der Waals surface area contributed by atoms with Gasteiger partial charge in [0.2, 0.25) is 0 Å². The van der Waals surface area contributed by atoms with Crippen molar-refractivity contribution in [1.29, 1.82) is 0 Å². The minimum atomic E-state index is -1.41. The summed E-state index contributed by atoms with van der Waals surface area (Å²) in [6.07, 6.45) is 4.90. The maximum atomic E-state index is 9.25. The second-order valence-electron chi connectivity index (χ2n) is 3.34. The van der Waals surface area contributed by atoms with Crippen molar-refractivity contribution in [2.75, 3.05) is 0 Å². The highest BCUT2D eigenvalue weighted by molar-refractivity contribution is 5.78. The van der Waals surface area contributed by atoms with Gasteiger partial charge in [-0.25, -0.2) is 4.79 Å². The first-order chi connectivity index (χ1) is 6.89. The maximum Gasteiger partial charge on any atom is 0.327 e. The lowest BCUT2D eigenvalue weighted by Gasteiger charge is -2.18. The maximum absolute atomic E-state index is 9.25. The van der Waals surface area contributed by atoms with E-state index in [0.29, 0.717) is 12.8 Å². The molecule has 0 amide bonds. The molecule has 0 bridgehead atoms. The minimum Gasteiger partial charge on any atom is -0.478 e. The Balaban J connectivity index is 0. The molecule has 0 aromatic rings. The Labute approximate surface area is 91.2 Å². The van der Waals surface area contributed by atoms with Crippen LogP contribution in [0, 0.1) is 0 Å². The third-order valence-corrected chi connectivity index (χ3v) is 1.92. The first kappa shape index (κ1) is 16.6. The second-order valence-corrected chi connectivity index (χ2v) is 3.34. The Bertz CT molecular complexity index is 175. The largest absolute Gasteiger partial charge is 0.478 e. The van der Waals surface area contributed by atoms with Gasteiger partial charge < -0.3 is 15.3 Å². The number of carbonyl (C=O) groups is 1. The Kier molecular flexibility index (Phi) is 10.7. The van der Waals surface area contributed by atoms with Crippen LogP contribution < -0.4 is 0 Å². The van der Waals surface area contributed by atoms with Gasteiger partial charge in [-0.3, -0.25) is 0 Å². The average molecular weight is 218 g/mol. The fraction of sp³-hybridized carbons (Fsp3) is 0.727. The first-order valence-corrected chi connectivity index (χ1v) is 5.19. The lowest BCUT2D eigenvalue weighted by molar-refractivity contribution is -0.167. The zero-order valence-electron chi connectivity index (χ0n) is 9.57. The van der Waals surface area contributed by atoms with Crippen molar-refractivity contribution in [3.05, 3.63) is 12.7 Å². The topological polar surface area (TPSA) is 77.8 Å². The molecule has 4 heteroatoms. The van der Waals surface area contributed by atoms with Crippen molar-refractivity contribution in [2.45, 2.75) is 51.7 Å². The van der Waals surface area contributed by atoms with Crippen LogP contribution in [0.3, 0.4) is 0 Å². The Morgan fingerprint density at radius 3 is 2.07 bits per heavy atom. The van der Waals surface area contributed by atoms with E-state index in [1.54, 1.807) is 6.92 Å². The van der Waals surface area contributed by atoms with Crippen molar-refractivity contribution in [2.24, 2.45) is 0 Å². The number of aliphatic hydroxyl groups is 2. The molecule has 0 aliphatic rings. The number of aliphatic carboxylic acids is 1. The molecule has 4 nitrogen and oxygen atoms in total. The molecule has 0 unspecified atom stereocenters. The number of hydrogen-bond donors (Lipinski definition) is 3. The highest BCUT2D eigenvalue weighted by Gasteiger charge is 2.18. The van der Waals surface area contributed by atoms with Gasteiger partial charge in [-0.1, -0.05) is 33.3 Å². The van der Waals surface area contributed by atoms with Crippen LogP contribution in [0.15, 0.2) is 12.7 Å². The van der Waals surface area contributed by atoms with Crippen LogP contribution in [0.25, 0.3) is 0 Å². The van der Waals surface area contributed by atoms with Gasteiger partial charge in [-0.15, -0.1) is 0 Å². The van der Waals surface area contributed by atoms with E-state index in [-0.39, 0.29) is 0 Å². The van der Waals surface area contributed by atoms with Gasteiger partial charge in [0.1, 0.15) is 0 Å². The van der Waals surface area contributed by atoms with E-state index in [4.69, 9.17) is 15.3 Å². The summed E-state index contributed by atoms with van der Waals surface area (Å²) in [5.41, 5.74) is 0. The molecule has 0 aromatic carbocycles. The van der Waals surface area contributed by atoms with Crippen LogP contribution in [0.2, 0.25) is 0 Å². The average Bonchev–Trinajstić information content (AvgIpc) is 2.19. The van der Waals surface area contributed by atoms with Gasteiger partial charge in [0, 0.05) is 12.5 Å². The Morgan fingerprint density at radius 2 is 1.80 bits per heavy atom. The highest BCUT2D eigenvalue weighted by Crippen LogP contribution is 2.14. The van der Waals surface area contributed by atoms with Crippen LogP contribution in [0.4, 0.5) is 0 Å². The molecular formula is C11H22O4. The lowest BCUT2D eigenvalue weighted by atomic mass is 10.1. The molecule has 0 spiro atoms. The molecule has 3 N–H and O–H groups in total. The number of unbranched alkanes of at least 4 members (excludes halogenated alkanes) is 2. The van der Waals surface area contributed by atoms with Crippen LogP contribution in [0.5, 0.6) is 0 Å². The SMILES string of the molecule is C=CC(=O)O.CCCCCC(O)(O)CC. The summed E-state index contributed by atoms with van der Waals surface area (Å²) in [5, 5.41) is 25.8. The molecule has 0 aromatic heterocycles. The molecule has 15 heavy (non-hydrogen) atoms. The van der Waals surface area contributed by atoms with Crippen LogP contribution in [-0.2, 0) is 4.79 Å². The van der Waals surface area contributed by atoms with Crippen molar-refractivity contribution in [3.8, 4) is 0 Å². The predicted octanol–water partition coefficient (Wildman–Crippen LogP) is 1.91. The number of carboxylic acids is 1. The minimum absolute atomic E-state index is 0.427. The summed E-state index contributed by atoms with van der Waals surface area (Å²) in [4.78, 5) is 9.25. The molecule has 0 aliphatic carbocycles. The molecule has 90 valence electrons. The van der Waals surface area contributed by atoms with E-state index >= 15 is 0 Å². The number of carboxylic acid groups (broad SMARTS) is 1. The van der Waals surface area contributed by atoms with E-state index in [2.05, 4.69) is 13.5 Å². The molecule has 0 rings (SSSR count). The summed E-state index contributed by atoms with van der Waals surface area (Å²) in [5.74, 6) is -2.39. The Morgan fingerprint density at radius 1 is 1.33 bits per heavy atom. The molecule has 0 aliphatic heterocycles. The van der Waals surface area contributed by atoms with E-state index in [1.807, 2.05) is 0 Å². The Hall–Kier alpha value is -0.870. The summed E-state index contributed by atoms with van der Waals surface area (Å²) < 4.78 is 0. The monoisotopic (exact) mass is 218 g/mol. The van der Waals surface area contributed by atoms with Crippen LogP contribution >= 0.6 is 0 Å². The van der Waals surface area contributed by atoms with E-state index in [9.17, 15) is 4.79 Å². The van der Waals surface area contributed by atoms with Crippen LogP contribution in [0.1, 0.15) is 46.0 Å². The van der Waals surface area contributed by atoms with Gasteiger partial charge in [0.15, 0.2) is 5.79 Å². The van der Waals surface area contributed by atoms with E-state index < -0.39 is 11.8 Å². The molecule has 0 fully saturated rings. The van der Waals surface area contributed by atoms with E-state index in [0.717, 1.165) is 25.3 Å². The fourth-order valence-electron chi connectivity index (χ4n) is 0.835. The predicted molar refractivity (Wildman–Crippen MR) is 59.4 cm³/mol. The molecule has 0 atom stereocenters. The van der Waals surface area contributed by atoms with Crippen molar-refractivity contribution in [1.82, 2.24) is 0 Å². The van der Waals surface area contributed by atoms with E-state index in [1.165, 1.54) is 0 Å². The normalized spacial score (nSPS) is 10.1. The summed E-state index contributed by atoms with van der Waals surface area (Å²) >= 11 is 0. The van der Waals surface area contributed by atoms with Crippen molar-refractivity contribution < 1.29 is 20.1 Å². The van der Waals surface area contributed by atoms with Gasteiger partial charge >= 0.3 is 5.97 Å². The van der Waals surface area contributed by atoms with Gasteiger partial charge in [-0.2, -0.15) is 0 Å². The van der Waals surface area contributed by atoms with Gasteiger partial charge in [0.25, 0.3) is 0 Å². The zero-order valence-corrected chi connectivity index (χ0v) is 9.57. The standard InChI is InChI=1S/C8H18O2.C3H4O2/c1-3-5-6-7-8(9,10)4-2;1-2-3(4)5/h9-10H,3-7H2,1-2H3;2H,1H2,(H,4,5). The molecule has 0 heterocycles. The quantitative estimate of drug-likeness (QED) is 0.361. The summed E-state index contributed by atoms with van der Waals surface area (Å²) in [7, 11) is 0. The summed E-state index contributed by atoms with van der Waals surface area (Å²) in [6.45, 7) is 6.84. The molecule has 0 radical (unpaired) electrons. The lowest BCUT2D eigenvalue weighted by Crippen LogP contribution is -2.26. The smallest absolute Gasteiger partial charge is 0.327 e. The summed E-state index contributed by atoms with van der Waals surface area (Å²) in [6, 6.07) is 0. The molecule has 0 saturated carbocycles. The van der Waals surface area contributed by atoms with Crippen molar-refractivity contribution in [3.63, 3.8) is 0 Å². The molecule has 0 saturated heterocycles. The second kappa shape index (κ2) is 9.68. The first-order valence-electron chi connectivity index (χ1n) is 5.19. The highest BCUT2D eigenvalue weighted by atomic mass is 16.5. The van der Waals surface area contributed by atoms with Gasteiger partial charge in [0.05, 0.1) is 0 Å². The van der Waals surface area contributed by atoms with Gasteiger partial charge in [-0.05, 0) is 12.8 Å². The number of rotatable bonds is 6. The zero-order chi connectivity index (χ0) is 12.3. The number of hydrogen-bond acceptors (Lipinski definition) is 3.